The first-order chi connectivity index (χ1) is 16.0. The van der Waals surface area contributed by atoms with Gasteiger partial charge in [0.05, 0.1) is 25.1 Å². The van der Waals surface area contributed by atoms with Gasteiger partial charge in [-0.2, -0.15) is 5.10 Å². The first-order valence-corrected chi connectivity index (χ1v) is 11.3. The maximum Gasteiger partial charge on any atom is 0.265 e. The van der Waals surface area contributed by atoms with Crippen LogP contribution >= 0.6 is 0 Å². The topological polar surface area (TPSA) is 79.9 Å². The Morgan fingerprint density at radius 1 is 1.21 bits per heavy atom. The van der Waals surface area contributed by atoms with E-state index in [4.69, 9.17) is 10.6 Å². The zero-order valence-corrected chi connectivity index (χ0v) is 19.4. The SMILES string of the molecule is CN1C=CC(c2cnn(C)c2)=C(/C=C/C(=O)N(N)c2ccc(CCN3CCOCC3)cc2)C1. The lowest BCUT2D eigenvalue weighted by Gasteiger charge is -2.26. The molecule has 0 radical (unpaired) electrons. The number of ether oxygens (including phenoxy) is 1. The molecule has 2 aliphatic rings. The van der Waals surface area contributed by atoms with Crippen LogP contribution in [0.1, 0.15) is 11.1 Å². The van der Waals surface area contributed by atoms with Crippen LogP contribution in [0.25, 0.3) is 5.57 Å². The average Bonchev–Trinajstić information content (AvgIpc) is 3.27. The van der Waals surface area contributed by atoms with Crippen molar-refractivity contribution in [3.05, 3.63) is 77.8 Å². The van der Waals surface area contributed by atoms with Crippen LogP contribution in [0.5, 0.6) is 0 Å². The number of anilines is 1. The van der Waals surface area contributed by atoms with Gasteiger partial charge >= 0.3 is 0 Å². The van der Waals surface area contributed by atoms with E-state index in [1.54, 1.807) is 4.68 Å². The fraction of sp³-hybridized carbons (Fsp3) is 0.360. The van der Waals surface area contributed by atoms with E-state index in [0.29, 0.717) is 12.2 Å². The summed E-state index contributed by atoms with van der Waals surface area (Å²) in [5.41, 5.74) is 5.00. The predicted molar refractivity (Wildman–Crippen MR) is 130 cm³/mol. The highest BCUT2D eigenvalue weighted by Crippen LogP contribution is 2.25. The molecule has 8 nitrogen and oxygen atoms in total. The monoisotopic (exact) mass is 448 g/mol. The summed E-state index contributed by atoms with van der Waals surface area (Å²) >= 11 is 0. The highest BCUT2D eigenvalue weighted by molar-refractivity contribution is 6.01. The smallest absolute Gasteiger partial charge is 0.265 e. The fourth-order valence-corrected chi connectivity index (χ4v) is 4.01. The van der Waals surface area contributed by atoms with Crippen molar-refractivity contribution < 1.29 is 9.53 Å². The second kappa shape index (κ2) is 10.6. The second-order valence-corrected chi connectivity index (χ2v) is 8.48. The number of nitrogens with two attached hydrogens (primary N) is 1. The highest BCUT2D eigenvalue weighted by atomic mass is 16.5. The zero-order chi connectivity index (χ0) is 23.2. The van der Waals surface area contributed by atoms with Crippen molar-refractivity contribution in [2.45, 2.75) is 6.42 Å². The number of amides is 1. The largest absolute Gasteiger partial charge is 0.379 e. The molecule has 3 heterocycles. The van der Waals surface area contributed by atoms with Crippen molar-refractivity contribution in [3.63, 3.8) is 0 Å². The molecule has 0 saturated carbocycles. The number of aromatic nitrogens is 2. The van der Waals surface area contributed by atoms with Crippen molar-refractivity contribution in [2.24, 2.45) is 12.9 Å². The van der Waals surface area contributed by atoms with E-state index in [2.05, 4.69) is 14.9 Å². The number of allylic oxidation sites excluding steroid dienone is 2. The minimum absolute atomic E-state index is 0.272. The summed E-state index contributed by atoms with van der Waals surface area (Å²) in [5, 5.41) is 5.45. The molecule has 1 saturated heterocycles. The number of rotatable bonds is 7. The minimum atomic E-state index is -0.272. The summed E-state index contributed by atoms with van der Waals surface area (Å²) in [6.45, 7) is 5.30. The normalized spacial score (nSPS) is 17.2. The van der Waals surface area contributed by atoms with Gasteiger partial charge in [-0.05, 0) is 47.5 Å². The van der Waals surface area contributed by atoms with Crippen LogP contribution in [0.2, 0.25) is 0 Å². The molecule has 2 N–H and O–H groups in total. The quantitative estimate of drug-likeness (QED) is 0.302. The Kier molecular flexibility index (Phi) is 7.39. The molecule has 0 bridgehead atoms. The van der Waals surface area contributed by atoms with Crippen molar-refractivity contribution in [3.8, 4) is 0 Å². The summed E-state index contributed by atoms with van der Waals surface area (Å²) in [7, 11) is 3.89. The van der Waals surface area contributed by atoms with E-state index in [0.717, 1.165) is 56.0 Å². The molecule has 2 aliphatic heterocycles. The molecule has 1 aromatic heterocycles. The molecular weight excluding hydrogens is 416 g/mol. The Hall–Kier alpha value is -3.20. The van der Waals surface area contributed by atoms with Gasteiger partial charge in [0.25, 0.3) is 5.91 Å². The van der Waals surface area contributed by atoms with E-state index in [9.17, 15) is 4.79 Å². The van der Waals surface area contributed by atoms with Gasteiger partial charge in [-0.15, -0.1) is 0 Å². The molecule has 1 amide bonds. The third-order valence-electron chi connectivity index (χ3n) is 5.98. The second-order valence-electron chi connectivity index (χ2n) is 8.48. The lowest BCUT2D eigenvalue weighted by Crippen LogP contribution is -2.37. The standard InChI is InChI=1S/C25H32N6O2/c1-28-11-10-24(22-17-27-29(2)19-22)21(18-28)5-8-25(32)31(26)23-6-3-20(4-7-23)9-12-30-13-15-33-16-14-30/h3-8,10-11,17,19H,9,12-16,18,26H2,1-2H3/b8-5+. The Morgan fingerprint density at radius 2 is 1.97 bits per heavy atom. The van der Waals surface area contributed by atoms with Gasteiger partial charge in [-0.1, -0.05) is 18.2 Å². The maximum atomic E-state index is 12.8. The summed E-state index contributed by atoms with van der Waals surface area (Å²) < 4.78 is 7.17. The number of benzene rings is 1. The minimum Gasteiger partial charge on any atom is -0.379 e. The number of morpholine rings is 1. The molecule has 2 aromatic rings. The third kappa shape index (κ3) is 5.98. The molecule has 174 valence electrons. The van der Waals surface area contributed by atoms with Gasteiger partial charge in [0.1, 0.15) is 0 Å². The number of hydrazine groups is 1. The van der Waals surface area contributed by atoms with Crippen LogP contribution < -0.4 is 10.9 Å². The zero-order valence-electron chi connectivity index (χ0n) is 19.4. The fourth-order valence-electron chi connectivity index (χ4n) is 4.01. The van der Waals surface area contributed by atoms with Gasteiger partial charge in [0.15, 0.2) is 0 Å². The molecule has 0 unspecified atom stereocenters. The van der Waals surface area contributed by atoms with E-state index in [-0.39, 0.29) is 5.91 Å². The van der Waals surface area contributed by atoms with E-state index < -0.39 is 0 Å². The van der Waals surface area contributed by atoms with E-state index in [1.165, 1.54) is 16.6 Å². The molecule has 1 fully saturated rings. The molecule has 33 heavy (non-hydrogen) atoms. The van der Waals surface area contributed by atoms with E-state index in [1.807, 2.05) is 69.1 Å². The summed E-state index contributed by atoms with van der Waals surface area (Å²) in [6.07, 6.45) is 12.2. The lowest BCUT2D eigenvalue weighted by atomic mass is 9.99. The molecule has 1 aromatic carbocycles. The van der Waals surface area contributed by atoms with Crippen LogP contribution in [0, 0.1) is 0 Å². The Labute approximate surface area is 195 Å². The van der Waals surface area contributed by atoms with Crippen molar-refractivity contribution in [1.82, 2.24) is 19.6 Å². The van der Waals surface area contributed by atoms with Crippen LogP contribution in [0.15, 0.2) is 66.7 Å². The van der Waals surface area contributed by atoms with Crippen LogP contribution in [-0.2, 0) is 23.0 Å². The van der Waals surface area contributed by atoms with Crippen molar-refractivity contribution >= 4 is 17.2 Å². The van der Waals surface area contributed by atoms with E-state index >= 15 is 0 Å². The maximum absolute atomic E-state index is 12.8. The number of carbonyl (C=O) groups excluding carboxylic acids is 1. The Morgan fingerprint density at radius 3 is 2.67 bits per heavy atom. The van der Waals surface area contributed by atoms with Crippen molar-refractivity contribution in [1.29, 1.82) is 0 Å². The number of aryl methyl sites for hydroxylation is 1. The van der Waals surface area contributed by atoms with Gasteiger partial charge < -0.3 is 9.64 Å². The van der Waals surface area contributed by atoms with Crippen molar-refractivity contribution in [2.75, 3.05) is 51.4 Å². The summed E-state index contributed by atoms with van der Waals surface area (Å²) in [6, 6.07) is 7.88. The highest BCUT2D eigenvalue weighted by Gasteiger charge is 2.15. The van der Waals surface area contributed by atoms with Crippen LogP contribution in [0.4, 0.5) is 5.69 Å². The number of likely N-dealkylation sites (N-methyl/N-ethyl adjacent to an activating group) is 1. The van der Waals surface area contributed by atoms with Gasteiger partial charge in [0.2, 0.25) is 0 Å². The molecular formula is C25H32N6O2. The van der Waals surface area contributed by atoms with Gasteiger partial charge in [-0.3, -0.25) is 14.4 Å². The average molecular weight is 449 g/mol. The van der Waals surface area contributed by atoms with Crippen LogP contribution in [-0.4, -0.2) is 71.9 Å². The Bertz CT molecular complexity index is 1050. The number of hydrogen-bond donors (Lipinski definition) is 1. The molecule has 4 rings (SSSR count). The molecule has 0 atom stereocenters. The van der Waals surface area contributed by atoms with Gasteiger partial charge in [-0.25, -0.2) is 10.9 Å². The Balaban J connectivity index is 1.39. The number of nitrogens with zero attached hydrogens (tertiary/aromatic N) is 5. The lowest BCUT2D eigenvalue weighted by molar-refractivity contribution is -0.114. The summed E-state index contributed by atoms with van der Waals surface area (Å²) in [4.78, 5) is 17.2. The van der Waals surface area contributed by atoms with Gasteiger partial charge in [0, 0.05) is 58.1 Å². The third-order valence-corrected chi connectivity index (χ3v) is 5.98. The predicted octanol–water partition coefficient (Wildman–Crippen LogP) is 1.97. The molecule has 0 spiro atoms. The molecule has 8 heteroatoms. The van der Waals surface area contributed by atoms with Crippen LogP contribution in [0.3, 0.4) is 0 Å². The first-order valence-electron chi connectivity index (χ1n) is 11.3. The summed E-state index contributed by atoms with van der Waals surface area (Å²) in [5.74, 6) is 5.86. The molecule has 0 aliphatic carbocycles. The number of carbonyl (C=O) groups is 1. The first kappa shape index (κ1) is 23.0. The number of hydrogen-bond acceptors (Lipinski definition) is 6.